The first-order valence-electron chi connectivity index (χ1n) is 6.50. The van der Waals surface area contributed by atoms with Crippen molar-refractivity contribution in [2.45, 2.75) is 52.0 Å². The van der Waals surface area contributed by atoms with Gasteiger partial charge < -0.3 is 10.6 Å². The van der Waals surface area contributed by atoms with E-state index in [9.17, 15) is 4.79 Å². The summed E-state index contributed by atoms with van der Waals surface area (Å²) in [6.07, 6.45) is 5.56. The summed E-state index contributed by atoms with van der Waals surface area (Å²) in [4.78, 5) is 11.6. The van der Waals surface area contributed by atoms with Gasteiger partial charge >= 0.3 is 6.03 Å². The molecule has 2 saturated carbocycles. The minimum absolute atomic E-state index is 0.0183. The molecule has 2 amide bonds. The van der Waals surface area contributed by atoms with Crippen LogP contribution in [0.5, 0.6) is 0 Å². The average molecular weight is 224 g/mol. The minimum atomic E-state index is -0.140. The molecule has 3 atom stereocenters. The number of hydrogen-bond acceptors (Lipinski definition) is 1. The van der Waals surface area contributed by atoms with Gasteiger partial charge in [-0.3, -0.25) is 0 Å². The van der Waals surface area contributed by atoms with Crippen molar-refractivity contribution in [3.63, 3.8) is 0 Å². The van der Waals surface area contributed by atoms with Gasteiger partial charge in [0.05, 0.1) is 0 Å². The second-order valence-electron chi connectivity index (χ2n) is 6.52. The molecule has 0 aromatic heterocycles. The zero-order valence-electron chi connectivity index (χ0n) is 10.7. The van der Waals surface area contributed by atoms with E-state index in [1.54, 1.807) is 0 Å². The molecule has 0 saturated heterocycles. The maximum Gasteiger partial charge on any atom is 0.315 e. The molecule has 2 aliphatic rings. The molecule has 16 heavy (non-hydrogen) atoms. The van der Waals surface area contributed by atoms with Crippen molar-refractivity contribution in [2.24, 2.45) is 17.8 Å². The third-order valence-electron chi connectivity index (χ3n) is 3.90. The zero-order valence-corrected chi connectivity index (χ0v) is 10.7. The van der Waals surface area contributed by atoms with E-state index in [0.29, 0.717) is 0 Å². The Morgan fingerprint density at radius 2 is 2.00 bits per heavy atom. The maximum atomic E-state index is 11.6. The lowest BCUT2D eigenvalue weighted by atomic mass is 9.89. The Hall–Kier alpha value is -0.730. The molecular formula is C13H24N2O. The van der Waals surface area contributed by atoms with Gasteiger partial charge in [0.25, 0.3) is 0 Å². The van der Waals surface area contributed by atoms with Crippen molar-refractivity contribution < 1.29 is 4.79 Å². The van der Waals surface area contributed by atoms with Crippen molar-refractivity contribution in [1.82, 2.24) is 10.6 Å². The van der Waals surface area contributed by atoms with E-state index in [4.69, 9.17) is 0 Å². The van der Waals surface area contributed by atoms with Crippen LogP contribution >= 0.6 is 0 Å². The van der Waals surface area contributed by atoms with Crippen molar-refractivity contribution in [1.29, 1.82) is 0 Å². The topological polar surface area (TPSA) is 41.1 Å². The lowest BCUT2D eigenvalue weighted by Crippen LogP contribution is -2.47. The summed E-state index contributed by atoms with van der Waals surface area (Å²) in [6, 6.07) is -0.0183. The van der Waals surface area contributed by atoms with Gasteiger partial charge in [0.1, 0.15) is 0 Å². The van der Waals surface area contributed by atoms with Crippen molar-refractivity contribution in [3.8, 4) is 0 Å². The molecule has 2 rings (SSSR count). The van der Waals surface area contributed by atoms with Gasteiger partial charge in [-0.05, 0) is 57.8 Å². The Morgan fingerprint density at radius 1 is 1.25 bits per heavy atom. The van der Waals surface area contributed by atoms with Crippen LogP contribution in [-0.2, 0) is 0 Å². The van der Waals surface area contributed by atoms with Crippen LogP contribution in [0.3, 0.4) is 0 Å². The molecule has 92 valence electrons. The first-order valence-corrected chi connectivity index (χ1v) is 6.50. The normalized spacial score (nSPS) is 32.8. The Labute approximate surface area is 98.4 Å². The van der Waals surface area contributed by atoms with E-state index in [2.05, 4.69) is 10.6 Å². The molecule has 2 bridgehead atoms. The quantitative estimate of drug-likeness (QED) is 0.743. The average Bonchev–Trinajstić information content (AvgIpc) is 2.72. The summed E-state index contributed by atoms with van der Waals surface area (Å²) in [5.74, 6) is 2.59. The van der Waals surface area contributed by atoms with Gasteiger partial charge in [0.15, 0.2) is 0 Å². The molecule has 3 unspecified atom stereocenters. The first-order chi connectivity index (χ1) is 7.44. The molecule has 0 heterocycles. The van der Waals surface area contributed by atoms with Crippen LogP contribution in [0.1, 0.15) is 46.5 Å². The minimum Gasteiger partial charge on any atom is -0.338 e. The number of hydrogen-bond donors (Lipinski definition) is 2. The van der Waals surface area contributed by atoms with Gasteiger partial charge in [0.2, 0.25) is 0 Å². The fourth-order valence-electron chi connectivity index (χ4n) is 3.24. The summed E-state index contributed by atoms with van der Waals surface area (Å²) in [5, 5.41) is 5.95. The molecule has 2 N–H and O–H groups in total. The summed E-state index contributed by atoms with van der Waals surface area (Å²) in [6.45, 7) is 6.88. The second-order valence-corrected chi connectivity index (χ2v) is 6.52. The second kappa shape index (κ2) is 4.27. The van der Waals surface area contributed by atoms with E-state index in [-0.39, 0.29) is 11.6 Å². The Balaban J connectivity index is 1.70. The van der Waals surface area contributed by atoms with E-state index in [0.717, 1.165) is 24.3 Å². The first kappa shape index (κ1) is 11.7. The number of amides is 2. The van der Waals surface area contributed by atoms with E-state index < -0.39 is 0 Å². The molecule has 0 aliphatic heterocycles. The van der Waals surface area contributed by atoms with Crippen molar-refractivity contribution in [2.75, 3.05) is 6.54 Å². The van der Waals surface area contributed by atoms with Crippen LogP contribution in [0, 0.1) is 17.8 Å². The molecule has 0 aromatic carbocycles. The van der Waals surface area contributed by atoms with Crippen LogP contribution in [0.15, 0.2) is 0 Å². The monoisotopic (exact) mass is 224 g/mol. The smallest absolute Gasteiger partial charge is 0.315 e. The van der Waals surface area contributed by atoms with Crippen LogP contribution in [-0.4, -0.2) is 18.1 Å². The highest BCUT2D eigenvalue weighted by Crippen LogP contribution is 2.47. The number of carbonyl (C=O) groups excluding carboxylic acids is 1. The molecule has 3 heteroatoms. The van der Waals surface area contributed by atoms with Crippen LogP contribution < -0.4 is 10.6 Å². The maximum absolute atomic E-state index is 11.6. The highest BCUT2D eigenvalue weighted by molar-refractivity contribution is 5.74. The Morgan fingerprint density at radius 3 is 2.50 bits per heavy atom. The summed E-state index contributed by atoms with van der Waals surface area (Å²) < 4.78 is 0. The predicted octanol–water partition coefficient (Wildman–Crippen LogP) is 2.52. The molecule has 3 nitrogen and oxygen atoms in total. The number of fused-ring (bicyclic) bond motifs is 2. The van der Waals surface area contributed by atoms with Gasteiger partial charge in [-0.1, -0.05) is 6.42 Å². The molecule has 0 radical (unpaired) electrons. The summed E-state index contributed by atoms with van der Waals surface area (Å²) in [7, 11) is 0. The third kappa shape index (κ3) is 2.89. The fourth-order valence-corrected chi connectivity index (χ4v) is 3.24. The van der Waals surface area contributed by atoms with Gasteiger partial charge in [-0.2, -0.15) is 0 Å². The highest BCUT2D eigenvalue weighted by atomic mass is 16.2. The van der Waals surface area contributed by atoms with E-state index in [1.807, 2.05) is 20.8 Å². The fraction of sp³-hybridized carbons (Fsp3) is 0.923. The molecular weight excluding hydrogens is 200 g/mol. The lowest BCUT2D eigenvalue weighted by molar-refractivity contribution is 0.226. The lowest BCUT2D eigenvalue weighted by Gasteiger charge is -2.24. The number of rotatable bonds is 2. The van der Waals surface area contributed by atoms with Gasteiger partial charge in [-0.15, -0.1) is 0 Å². The van der Waals surface area contributed by atoms with Gasteiger partial charge in [-0.25, -0.2) is 4.79 Å². The van der Waals surface area contributed by atoms with E-state index >= 15 is 0 Å². The largest absolute Gasteiger partial charge is 0.338 e. The number of nitrogens with one attached hydrogen (secondary N) is 2. The van der Waals surface area contributed by atoms with Crippen LogP contribution in [0.4, 0.5) is 4.79 Å². The summed E-state index contributed by atoms with van der Waals surface area (Å²) in [5.41, 5.74) is -0.140. The SMILES string of the molecule is CC(C)(C)NC(=O)NCC1CC2CCC1C2. The number of urea groups is 1. The number of carbonyl (C=O) groups is 1. The van der Waals surface area contributed by atoms with Crippen LogP contribution in [0.25, 0.3) is 0 Å². The van der Waals surface area contributed by atoms with Crippen LogP contribution in [0.2, 0.25) is 0 Å². The zero-order chi connectivity index (χ0) is 11.8. The molecule has 2 aliphatic carbocycles. The predicted molar refractivity (Wildman–Crippen MR) is 65.2 cm³/mol. The van der Waals surface area contributed by atoms with Crippen molar-refractivity contribution in [3.05, 3.63) is 0 Å². The Bertz CT molecular complexity index is 270. The van der Waals surface area contributed by atoms with Gasteiger partial charge in [0, 0.05) is 12.1 Å². The molecule has 0 aromatic rings. The third-order valence-corrected chi connectivity index (χ3v) is 3.90. The van der Waals surface area contributed by atoms with E-state index in [1.165, 1.54) is 25.7 Å². The Kier molecular flexibility index (Phi) is 3.13. The summed E-state index contributed by atoms with van der Waals surface area (Å²) >= 11 is 0. The molecule has 0 spiro atoms. The standard InChI is InChI=1S/C13H24N2O/c1-13(2,3)15-12(16)14-8-11-7-9-4-5-10(11)6-9/h9-11H,4-8H2,1-3H3,(H2,14,15,16). The highest BCUT2D eigenvalue weighted by Gasteiger charge is 2.39. The molecule has 2 fully saturated rings. The van der Waals surface area contributed by atoms with Crippen molar-refractivity contribution >= 4 is 6.03 Å².